The van der Waals surface area contributed by atoms with E-state index in [2.05, 4.69) is 29.7 Å². The first-order chi connectivity index (χ1) is 5.18. The van der Waals surface area contributed by atoms with Crippen LogP contribution in [0.1, 0.15) is 20.3 Å². The Kier molecular flexibility index (Phi) is 2.82. The lowest BCUT2D eigenvalue weighted by atomic mass is 10.0. The van der Waals surface area contributed by atoms with Crippen molar-refractivity contribution in [3.63, 3.8) is 0 Å². The van der Waals surface area contributed by atoms with Gasteiger partial charge in [0.25, 0.3) is 0 Å². The first-order valence-electron chi connectivity index (χ1n) is 3.78. The Morgan fingerprint density at radius 3 is 3.00 bits per heavy atom. The van der Waals surface area contributed by atoms with Gasteiger partial charge in [-0.1, -0.05) is 13.8 Å². The van der Waals surface area contributed by atoms with E-state index >= 15 is 0 Å². The molecule has 0 saturated carbocycles. The molecule has 1 rings (SSSR count). The van der Waals surface area contributed by atoms with Gasteiger partial charge >= 0.3 is 0 Å². The van der Waals surface area contributed by atoms with Crippen molar-refractivity contribution in [3.05, 3.63) is 0 Å². The van der Waals surface area contributed by atoms with Gasteiger partial charge in [-0.25, -0.2) is 0 Å². The highest BCUT2D eigenvalue weighted by molar-refractivity contribution is 7.80. The van der Waals surface area contributed by atoms with Crippen LogP contribution in [0.25, 0.3) is 0 Å². The number of nitrogens with zero attached hydrogens (tertiary/aromatic N) is 1. The fourth-order valence-electron chi connectivity index (χ4n) is 1.05. The zero-order valence-electron chi connectivity index (χ0n) is 6.79. The van der Waals surface area contributed by atoms with Crippen LogP contribution in [-0.2, 0) is 0 Å². The molecule has 4 heteroatoms. The van der Waals surface area contributed by atoms with Crippen LogP contribution in [-0.4, -0.2) is 17.4 Å². The Bertz CT molecular complexity index is 177. The highest BCUT2D eigenvalue weighted by Crippen LogP contribution is 2.03. The van der Waals surface area contributed by atoms with E-state index in [4.69, 9.17) is 12.2 Å². The lowest BCUT2D eigenvalue weighted by Gasteiger charge is -2.21. The average Bonchev–Trinajstić information content (AvgIpc) is 1.85. The summed E-state index contributed by atoms with van der Waals surface area (Å²) >= 11 is 4.90. The third-order valence-electron chi connectivity index (χ3n) is 1.46. The molecular weight excluding hydrogens is 158 g/mol. The summed E-state index contributed by atoms with van der Waals surface area (Å²) in [5.74, 6) is 0.667. The van der Waals surface area contributed by atoms with Crippen molar-refractivity contribution < 1.29 is 0 Å². The fourth-order valence-corrected chi connectivity index (χ4v) is 1.26. The Morgan fingerprint density at radius 1 is 1.73 bits per heavy atom. The van der Waals surface area contributed by atoms with Crippen molar-refractivity contribution in [2.24, 2.45) is 11.0 Å². The van der Waals surface area contributed by atoms with Gasteiger partial charge in [0.2, 0.25) is 0 Å². The summed E-state index contributed by atoms with van der Waals surface area (Å²) in [6, 6.07) is 0.309. The molecule has 0 fully saturated rings. The molecule has 11 heavy (non-hydrogen) atoms. The maximum absolute atomic E-state index is 4.90. The minimum absolute atomic E-state index is 0.309. The van der Waals surface area contributed by atoms with Crippen molar-refractivity contribution in [3.8, 4) is 0 Å². The summed E-state index contributed by atoms with van der Waals surface area (Å²) in [5, 5.41) is 7.66. The van der Waals surface area contributed by atoms with Crippen LogP contribution in [0.2, 0.25) is 0 Å². The van der Waals surface area contributed by atoms with Crippen molar-refractivity contribution >= 4 is 23.5 Å². The largest absolute Gasteiger partial charge is 0.353 e. The van der Waals surface area contributed by atoms with Crippen molar-refractivity contribution in [2.75, 3.05) is 0 Å². The maximum atomic E-state index is 4.90. The van der Waals surface area contributed by atoms with Crippen molar-refractivity contribution in [2.45, 2.75) is 26.3 Å². The summed E-state index contributed by atoms with van der Waals surface area (Å²) in [7, 11) is 0. The van der Waals surface area contributed by atoms with Crippen LogP contribution in [0, 0.1) is 5.92 Å². The minimum Gasteiger partial charge on any atom is -0.353 e. The summed E-state index contributed by atoms with van der Waals surface area (Å²) in [5.41, 5.74) is 2.67. The molecule has 0 saturated heterocycles. The molecule has 1 atom stereocenters. The summed E-state index contributed by atoms with van der Waals surface area (Å²) in [6.45, 7) is 4.36. The number of hydrogen-bond acceptors (Lipinski definition) is 2. The quantitative estimate of drug-likeness (QED) is 0.605. The van der Waals surface area contributed by atoms with E-state index in [1.54, 1.807) is 0 Å². The van der Waals surface area contributed by atoms with Gasteiger partial charge < -0.3 is 5.32 Å². The molecule has 0 amide bonds. The number of rotatable bonds is 2. The van der Waals surface area contributed by atoms with E-state index in [1.807, 2.05) is 6.21 Å². The van der Waals surface area contributed by atoms with E-state index in [0.29, 0.717) is 17.1 Å². The predicted molar refractivity (Wildman–Crippen MR) is 50.6 cm³/mol. The topological polar surface area (TPSA) is 36.4 Å². The second kappa shape index (κ2) is 3.67. The van der Waals surface area contributed by atoms with Gasteiger partial charge in [0.15, 0.2) is 5.11 Å². The Balaban J connectivity index is 2.40. The first kappa shape index (κ1) is 8.46. The van der Waals surface area contributed by atoms with Gasteiger partial charge in [0.05, 0.1) is 6.04 Å². The summed E-state index contributed by atoms with van der Waals surface area (Å²) in [6.07, 6.45) is 2.93. The summed E-state index contributed by atoms with van der Waals surface area (Å²) < 4.78 is 0. The lowest BCUT2D eigenvalue weighted by Crippen LogP contribution is -2.45. The predicted octanol–water partition coefficient (Wildman–Crippen LogP) is 0.865. The SMILES string of the molecule is CC(C)CC1C=NNC(=S)N1. The van der Waals surface area contributed by atoms with Gasteiger partial charge in [0.1, 0.15) is 0 Å². The van der Waals surface area contributed by atoms with Crippen LogP contribution in [0.5, 0.6) is 0 Å². The number of hydrazone groups is 1. The minimum atomic E-state index is 0.309. The van der Waals surface area contributed by atoms with Crippen molar-refractivity contribution in [1.82, 2.24) is 10.7 Å². The molecule has 3 nitrogen and oxygen atoms in total. The third kappa shape index (κ3) is 2.84. The molecule has 1 aliphatic heterocycles. The molecular formula is C7H13N3S. The number of hydrogen-bond donors (Lipinski definition) is 2. The molecule has 2 N–H and O–H groups in total. The van der Waals surface area contributed by atoms with E-state index in [1.165, 1.54) is 0 Å². The van der Waals surface area contributed by atoms with Crippen LogP contribution in [0.3, 0.4) is 0 Å². The molecule has 1 aliphatic rings. The second-order valence-corrected chi connectivity index (χ2v) is 3.51. The average molecular weight is 171 g/mol. The van der Waals surface area contributed by atoms with Gasteiger partial charge in [0, 0.05) is 6.21 Å². The lowest BCUT2D eigenvalue weighted by molar-refractivity contribution is 0.532. The van der Waals surface area contributed by atoms with E-state index < -0.39 is 0 Å². The first-order valence-corrected chi connectivity index (χ1v) is 4.19. The Morgan fingerprint density at radius 2 is 2.45 bits per heavy atom. The monoisotopic (exact) mass is 171 g/mol. The third-order valence-corrected chi connectivity index (χ3v) is 1.67. The van der Waals surface area contributed by atoms with Gasteiger partial charge in [-0.15, -0.1) is 0 Å². The van der Waals surface area contributed by atoms with Gasteiger partial charge in [-0.2, -0.15) is 5.10 Å². The maximum Gasteiger partial charge on any atom is 0.187 e. The Labute approximate surface area is 72.2 Å². The Hall–Kier alpha value is -0.640. The molecule has 0 aromatic rings. The molecule has 1 unspecified atom stereocenters. The molecule has 0 bridgehead atoms. The molecule has 0 spiro atoms. The molecule has 62 valence electrons. The smallest absolute Gasteiger partial charge is 0.187 e. The van der Waals surface area contributed by atoms with Gasteiger partial charge in [-0.05, 0) is 24.6 Å². The highest BCUT2D eigenvalue weighted by Gasteiger charge is 2.12. The van der Waals surface area contributed by atoms with E-state index in [0.717, 1.165) is 6.42 Å². The standard InChI is InChI=1S/C7H13N3S/c1-5(2)3-6-4-8-10-7(11)9-6/h4-6H,3H2,1-2H3,(H2,9,10,11). The van der Waals surface area contributed by atoms with Crippen LogP contribution < -0.4 is 10.7 Å². The van der Waals surface area contributed by atoms with Crippen LogP contribution >= 0.6 is 12.2 Å². The number of thiocarbonyl (C=S) groups is 1. The highest BCUT2D eigenvalue weighted by atomic mass is 32.1. The number of nitrogens with one attached hydrogen (secondary N) is 2. The van der Waals surface area contributed by atoms with E-state index in [9.17, 15) is 0 Å². The molecule has 1 heterocycles. The molecule has 0 radical (unpaired) electrons. The van der Waals surface area contributed by atoms with Crippen LogP contribution in [0.4, 0.5) is 0 Å². The molecule has 0 aromatic heterocycles. The molecule has 0 aliphatic carbocycles. The van der Waals surface area contributed by atoms with Gasteiger partial charge in [-0.3, -0.25) is 5.43 Å². The normalized spacial score (nSPS) is 23.2. The van der Waals surface area contributed by atoms with E-state index in [-0.39, 0.29) is 0 Å². The zero-order chi connectivity index (χ0) is 8.27. The van der Waals surface area contributed by atoms with Crippen LogP contribution in [0.15, 0.2) is 5.10 Å². The zero-order valence-corrected chi connectivity index (χ0v) is 7.61. The van der Waals surface area contributed by atoms with Crippen molar-refractivity contribution in [1.29, 1.82) is 0 Å². The molecule has 0 aromatic carbocycles. The summed E-state index contributed by atoms with van der Waals surface area (Å²) in [4.78, 5) is 0. The second-order valence-electron chi connectivity index (χ2n) is 3.10. The fraction of sp³-hybridized carbons (Fsp3) is 0.714.